The minimum absolute atomic E-state index is 0.351. The van der Waals surface area contributed by atoms with E-state index in [4.69, 9.17) is 27.9 Å². The van der Waals surface area contributed by atoms with Gasteiger partial charge in [0.1, 0.15) is 16.7 Å². The minimum Gasteiger partial charge on any atom is -0.439 e. The molecule has 82 valence electrons. The Bertz CT molecular complexity index is 497. The standard InChI is InChI=1S/C11H8Cl2N2O/c1-7-14-10(13)6-11(15-7)16-9-4-2-3-8(12)5-9/h2-6H,1H3. The van der Waals surface area contributed by atoms with Crippen molar-refractivity contribution in [3.05, 3.63) is 46.3 Å². The van der Waals surface area contributed by atoms with Crippen molar-refractivity contribution in [2.24, 2.45) is 0 Å². The molecule has 0 saturated carbocycles. The van der Waals surface area contributed by atoms with Crippen LogP contribution in [0.4, 0.5) is 0 Å². The zero-order valence-electron chi connectivity index (χ0n) is 8.45. The lowest BCUT2D eigenvalue weighted by Crippen LogP contribution is -1.93. The maximum absolute atomic E-state index is 5.83. The van der Waals surface area contributed by atoms with Crippen LogP contribution in [-0.4, -0.2) is 9.97 Å². The van der Waals surface area contributed by atoms with Gasteiger partial charge in [0.05, 0.1) is 0 Å². The van der Waals surface area contributed by atoms with Gasteiger partial charge in [0.15, 0.2) is 0 Å². The summed E-state index contributed by atoms with van der Waals surface area (Å²) in [6, 6.07) is 8.61. The molecule has 0 saturated heterocycles. The first kappa shape index (κ1) is 11.2. The molecule has 0 spiro atoms. The molecule has 0 bridgehead atoms. The third-order valence-corrected chi connectivity index (χ3v) is 2.23. The van der Waals surface area contributed by atoms with E-state index >= 15 is 0 Å². The first-order chi connectivity index (χ1) is 7.63. The largest absolute Gasteiger partial charge is 0.439 e. The number of ether oxygens (including phenoxy) is 1. The summed E-state index contributed by atoms with van der Waals surface area (Å²) in [5.41, 5.74) is 0. The van der Waals surface area contributed by atoms with Crippen molar-refractivity contribution < 1.29 is 4.74 Å². The van der Waals surface area contributed by atoms with Gasteiger partial charge in [-0.3, -0.25) is 0 Å². The zero-order chi connectivity index (χ0) is 11.5. The summed E-state index contributed by atoms with van der Waals surface area (Å²) in [4.78, 5) is 8.04. The van der Waals surface area contributed by atoms with Crippen LogP contribution in [0.1, 0.15) is 5.82 Å². The minimum atomic E-state index is 0.351. The Morgan fingerprint density at radius 3 is 2.62 bits per heavy atom. The molecule has 16 heavy (non-hydrogen) atoms. The molecule has 0 amide bonds. The fourth-order valence-corrected chi connectivity index (χ4v) is 1.60. The molecule has 5 heteroatoms. The van der Waals surface area contributed by atoms with Crippen LogP contribution in [0.2, 0.25) is 10.2 Å². The van der Waals surface area contributed by atoms with Crippen LogP contribution in [0.25, 0.3) is 0 Å². The van der Waals surface area contributed by atoms with Crippen LogP contribution in [0, 0.1) is 6.92 Å². The summed E-state index contributed by atoms with van der Waals surface area (Å²) >= 11 is 11.6. The number of hydrogen-bond donors (Lipinski definition) is 0. The van der Waals surface area contributed by atoms with E-state index in [0.717, 1.165) is 0 Å². The molecule has 3 nitrogen and oxygen atoms in total. The Labute approximate surface area is 103 Å². The van der Waals surface area contributed by atoms with Gasteiger partial charge in [0.2, 0.25) is 5.88 Å². The Morgan fingerprint density at radius 2 is 1.94 bits per heavy atom. The number of benzene rings is 1. The van der Waals surface area contributed by atoms with Crippen molar-refractivity contribution in [2.45, 2.75) is 6.92 Å². The SMILES string of the molecule is Cc1nc(Cl)cc(Oc2cccc(Cl)c2)n1. The van der Waals surface area contributed by atoms with E-state index < -0.39 is 0 Å². The van der Waals surface area contributed by atoms with Crippen molar-refractivity contribution in [2.75, 3.05) is 0 Å². The van der Waals surface area contributed by atoms with Gasteiger partial charge in [-0.1, -0.05) is 29.3 Å². The third kappa shape index (κ3) is 2.84. The van der Waals surface area contributed by atoms with Crippen molar-refractivity contribution in [3.63, 3.8) is 0 Å². The Morgan fingerprint density at radius 1 is 1.12 bits per heavy atom. The molecule has 1 heterocycles. The molecule has 0 atom stereocenters. The normalized spacial score (nSPS) is 10.2. The van der Waals surface area contributed by atoms with Crippen LogP contribution < -0.4 is 4.74 Å². The molecule has 2 rings (SSSR count). The van der Waals surface area contributed by atoms with Gasteiger partial charge in [0, 0.05) is 11.1 Å². The summed E-state index contributed by atoms with van der Waals surface area (Å²) in [6.07, 6.45) is 0. The average Bonchev–Trinajstić information content (AvgIpc) is 2.15. The molecule has 2 aromatic rings. The first-order valence-corrected chi connectivity index (χ1v) is 5.34. The Kier molecular flexibility index (Phi) is 3.27. The molecule has 0 N–H and O–H groups in total. The van der Waals surface area contributed by atoms with Gasteiger partial charge in [-0.15, -0.1) is 0 Å². The summed E-state index contributed by atoms with van der Waals surface area (Å²) in [5, 5.41) is 0.957. The van der Waals surface area contributed by atoms with Crippen LogP contribution in [-0.2, 0) is 0 Å². The molecule has 0 aliphatic rings. The number of halogens is 2. The van der Waals surface area contributed by atoms with Gasteiger partial charge in [0.25, 0.3) is 0 Å². The number of nitrogens with zero attached hydrogens (tertiary/aromatic N) is 2. The highest BCUT2D eigenvalue weighted by Crippen LogP contribution is 2.23. The second-order valence-corrected chi connectivity index (χ2v) is 3.96. The van der Waals surface area contributed by atoms with E-state index in [2.05, 4.69) is 9.97 Å². The van der Waals surface area contributed by atoms with Crippen LogP contribution in [0.3, 0.4) is 0 Å². The molecule has 0 aliphatic heterocycles. The van der Waals surface area contributed by atoms with E-state index in [1.807, 2.05) is 0 Å². The molecule has 0 radical (unpaired) electrons. The monoisotopic (exact) mass is 254 g/mol. The summed E-state index contributed by atoms with van der Waals surface area (Å²) in [7, 11) is 0. The predicted molar refractivity (Wildman–Crippen MR) is 63.3 cm³/mol. The van der Waals surface area contributed by atoms with Crippen molar-refractivity contribution in [3.8, 4) is 11.6 Å². The lowest BCUT2D eigenvalue weighted by atomic mass is 10.3. The number of rotatable bonds is 2. The van der Waals surface area contributed by atoms with Gasteiger partial charge < -0.3 is 4.74 Å². The van der Waals surface area contributed by atoms with Crippen molar-refractivity contribution >= 4 is 23.2 Å². The topological polar surface area (TPSA) is 35.0 Å². The van der Waals surface area contributed by atoms with Crippen molar-refractivity contribution in [1.29, 1.82) is 0 Å². The second kappa shape index (κ2) is 4.68. The summed E-state index contributed by atoms with van der Waals surface area (Å²) < 4.78 is 5.50. The van der Waals surface area contributed by atoms with E-state index in [1.54, 1.807) is 37.3 Å². The number of aryl methyl sites for hydroxylation is 1. The van der Waals surface area contributed by atoms with E-state index in [9.17, 15) is 0 Å². The summed E-state index contributed by atoms with van der Waals surface area (Å²) in [5.74, 6) is 1.57. The van der Waals surface area contributed by atoms with Gasteiger partial charge in [-0.05, 0) is 25.1 Å². The van der Waals surface area contributed by atoms with E-state index in [1.165, 1.54) is 0 Å². The number of aromatic nitrogens is 2. The fraction of sp³-hybridized carbons (Fsp3) is 0.0909. The highest BCUT2D eigenvalue weighted by molar-refractivity contribution is 6.30. The van der Waals surface area contributed by atoms with Crippen molar-refractivity contribution in [1.82, 2.24) is 9.97 Å². The average molecular weight is 255 g/mol. The third-order valence-electron chi connectivity index (χ3n) is 1.80. The van der Waals surface area contributed by atoms with Crippen LogP contribution in [0.15, 0.2) is 30.3 Å². The van der Waals surface area contributed by atoms with Gasteiger partial charge in [-0.2, -0.15) is 4.98 Å². The molecule has 0 fully saturated rings. The predicted octanol–water partition coefficient (Wildman–Crippen LogP) is 3.88. The number of hydrogen-bond acceptors (Lipinski definition) is 3. The zero-order valence-corrected chi connectivity index (χ0v) is 9.96. The molecule has 1 aromatic carbocycles. The fourth-order valence-electron chi connectivity index (χ4n) is 1.21. The highest BCUT2D eigenvalue weighted by atomic mass is 35.5. The quantitative estimate of drug-likeness (QED) is 0.763. The second-order valence-electron chi connectivity index (χ2n) is 3.14. The molecular weight excluding hydrogens is 247 g/mol. The van der Waals surface area contributed by atoms with Gasteiger partial charge in [-0.25, -0.2) is 4.98 Å². The molecule has 1 aromatic heterocycles. The summed E-state index contributed by atoms with van der Waals surface area (Å²) in [6.45, 7) is 1.75. The maximum Gasteiger partial charge on any atom is 0.224 e. The smallest absolute Gasteiger partial charge is 0.224 e. The van der Waals surface area contributed by atoms with E-state index in [0.29, 0.717) is 27.6 Å². The molecule has 0 unspecified atom stereocenters. The lowest BCUT2D eigenvalue weighted by molar-refractivity contribution is 0.460. The molecule has 0 aliphatic carbocycles. The molecular formula is C11H8Cl2N2O. The van der Waals surface area contributed by atoms with Crippen LogP contribution in [0.5, 0.6) is 11.6 Å². The van der Waals surface area contributed by atoms with Gasteiger partial charge >= 0.3 is 0 Å². The van der Waals surface area contributed by atoms with Crippen LogP contribution >= 0.6 is 23.2 Å². The Hall–Kier alpha value is -1.32. The maximum atomic E-state index is 5.83. The Balaban J connectivity index is 2.27. The highest BCUT2D eigenvalue weighted by Gasteiger charge is 2.02. The first-order valence-electron chi connectivity index (χ1n) is 4.58. The van der Waals surface area contributed by atoms with E-state index in [-0.39, 0.29) is 0 Å². The lowest BCUT2D eigenvalue weighted by Gasteiger charge is -2.05.